The molecule has 0 amide bonds. The Labute approximate surface area is 92.4 Å². The quantitative estimate of drug-likeness (QED) is 0.776. The molecule has 0 aliphatic rings. The Morgan fingerprint density at radius 1 is 1.43 bits per heavy atom. The van der Waals surface area contributed by atoms with Crippen molar-refractivity contribution in [3.8, 4) is 5.75 Å². The molecule has 0 unspecified atom stereocenters. The zero-order valence-corrected chi connectivity index (χ0v) is 10.1. The van der Waals surface area contributed by atoms with E-state index in [2.05, 4.69) is 15.9 Å². The van der Waals surface area contributed by atoms with Crippen molar-refractivity contribution in [3.63, 3.8) is 0 Å². The van der Waals surface area contributed by atoms with Crippen LogP contribution in [-0.2, 0) is 0 Å². The third-order valence-electron chi connectivity index (χ3n) is 2.06. The van der Waals surface area contributed by atoms with E-state index in [1.165, 1.54) is 0 Å². The van der Waals surface area contributed by atoms with E-state index in [0.717, 1.165) is 22.1 Å². The smallest absolute Gasteiger partial charge is 0.150 e. The van der Waals surface area contributed by atoms with Gasteiger partial charge in [-0.05, 0) is 18.1 Å². The molecule has 0 radical (unpaired) electrons. The highest BCUT2D eigenvalue weighted by Gasteiger charge is 2.13. The number of halogens is 1. The third kappa shape index (κ3) is 2.15. The van der Waals surface area contributed by atoms with Crippen LogP contribution in [0.1, 0.15) is 35.7 Å². The normalized spacial score (nSPS) is 10.4. The van der Waals surface area contributed by atoms with E-state index in [4.69, 9.17) is 4.74 Å². The molecule has 0 aliphatic carbocycles. The van der Waals surface area contributed by atoms with Gasteiger partial charge in [-0.2, -0.15) is 0 Å². The maximum absolute atomic E-state index is 10.9. The highest BCUT2D eigenvalue weighted by atomic mass is 79.9. The van der Waals surface area contributed by atoms with Crippen molar-refractivity contribution in [1.82, 2.24) is 0 Å². The van der Waals surface area contributed by atoms with E-state index in [0.29, 0.717) is 5.56 Å². The number of benzene rings is 1. The molecule has 0 aliphatic heterocycles. The fourth-order valence-corrected chi connectivity index (χ4v) is 1.95. The standard InChI is InChI=1S/C11H13BrO2/c1-7(2)11-8(6-13)4-9(12)5-10(11)14-3/h4-7H,1-3H3. The molecular formula is C11H13BrO2. The fraction of sp³-hybridized carbons (Fsp3) is 0.364. The topological polar surface area (TPSA) is 26.3 Å². The van der Waals surface area contributed by atoms with Crippen molar-refractivity contribution in [2.75, 3.05) is 7.11 Å². The Hall–Kier alpha value is -0.830. The average Bonchev–Trinajstić information content (AvgIpc) is 2.15. The maximum atomic E-state index is 10.9. The number of carbonyl (C=O) groups is 1. The maximum Gasteiger partial charge on any atom is 0.150 e. The summed E-state index contributed by atoms with van der Waals surface area (Å²) in [6.45, 7) is 4.08. The molecule has 0 atom stereocenters. The monoisotopic (exact) mass is 256 g/mol. The van der Waals surface area contributed by atoms with Crippen LogP contribution in [0.4, 0.5) is 0 Å². The molecule has 1 aromatic carbocycles. The van der Waals surface area contributed by atoms with Crippen LogP contribution in [-0.4, -0.2) is 13.4 Å². The zero-order chi connectivity index (χ0) is 10.7. The van der Waals surface area contributed by atoms with E-state index in [9.17, 15) is 4.79 Å². The summed E-state index contributed by atoms with van der Waals surface area (Å²) >= 11 is 3.34. The molecule has 0 fully saturated rings. The van der Waals surface area contributed by atoms with Crippen LogP contribution >= 0.6 is 15.9 Å². The number of carbonyl (C=O) groups excluding carboxylic acids is 1. The molecule has 0 spiro atoms. The van der Waals surface area contributed by atoms with Crippen LogP contribution in [0.15, 0.2) is 16.6 Å². The molecule has 0 N–H and O–H groups in total. The Balaban J connectivity index is 3.40. The molecule has 14 heavy (non-hydrogen) atoms. The first kappa shape index (κ1) is 11.2. The van der Waals surface area contributed by atoms with Gasteiger partial charge in [-0.25, -0.2) is 0 Å². The minimum Gasteiger partial charge on any atom is -0.496 e. The van der Waals surface area contributed by atoms with Gasteiger partial charge in [-0.1, -0.05) is 29.8 Å². The Bertz CT molecular complexity index is 345. The summed E-state index contributed by atoms with van der Waals surface area (Å²) in [5.74, 6) is 1.04. The lowest BCUT2D eigenvalue weighted by molar-refractivity contribution is 0.112. The third-order valence-corrected chi connectivity index (χ3v) is 2.52. The molecule has 0 bridgehead atoms. The van der Waals surface area contributed by atoms with Crippen LogP contribution in [0, 0.1) is 0 Å². The molecule has 0 saturated carbocycles. The van der Waals surface area contributed by atoms with Gasteiger partial charge < -0.3 is 4.74 Å². The summed E-state index contributed by atoms with van der Waals surface area (Å²) in [4.78, 5) is 10.9. The second kappa shape index (κ2) is 4.60. The summed E-state index contributed by atoms with van der Waals surface area (Å²) in [5.41, 5.74) is 1.65. The minimum absolute atomic E-state index is 0.276. The predicted octanol–water partition coefficient (Wildman–Crippen LogP) is 3.39. The summed E-state index contributed by atoms with van der Waals surface area (Å²) < 4.78 is 6.10. The second-order valence-electron chi connectivity index (χ2n) is 3.38. The SMILES string of the molecule is COc1cc(Br)cc(C=O)c1C(C)C. The van der Waals surface area contributed by atoms with Crippen molar-refractivity contribution in [2.24, 2.45) is 0 Å². The average molecular weight is 257 g/mol. The predicted molar refractivity (Wildman–Crippen MR) is 60.2 cm³/mol. The van der Waals surface area contributed by atoms with Crippen molar-refractivity contribution in [3.05, 3.63) is 27.7 Å². The van der Waals surface area contributed by atoms with E-state index in [-0.39, 0.29) is 5.92 Å². The number of hydrogen-bond acceptors (Lipinski definition) is 2. The van der Waals surface area contributed by atoms with Gasteiger partial charge in [0.1, 0.15) is 5.75 Å². The van der Waals surface area contributed by atoms with Crippen molar-refractivity contribution in [2.45, 2.75) is 19.8 Å². The number of methoxy groups -OCH3 is 1. The summed E-state index contributed by atoms with van der Waals surface area (Å²) in [5, 5.41) is 0. The Kier molecular flexibility index (Phi) is 3.69. The first-order chi connectivity index (χ1) is 6.60. The van der Waals surface area contributed by atoms with Gasteiger partial charge in [0.05, 0.1) is 7.11 Å². The highest BCUT2D eigenvalue weighted by molar-refractivity contribution is 9.10. The Morgan fingerprint density at radius 2 is 2.07 bits per heavy atom. The largest absolute Gasteiger partial charge is 0.496 e. The van der Waals surface area contributed by atoms with E-state index in [1.54, 1.807) is 7.11 Å². The Morgan fingerprint density at radius 3 is 2.50 bits per heavy atom. The number of aldehydes is 1. The fourth-order valence-electron chi connectivity index (χ4n) is 1.50. The lowest BCUT2D eigenvalue weighted by Crippen LogP contribution is -1.99. The van der Waals surface area contributed by atoms with Crippen LogP contribution in [0.25, 0.3) is 0 Å². The number of ether oxygens (including phenoxy) is 1. The molecule has 1 rings (SSSR count). The van der Waals surface area contributed by atoms with Gasteiger partial charge in [0.25, 0.3) is 0 Å². The van der Waals surface area contributed by atoms with Crippen LogP contribution in [0.2, 0.25) is 0 Å². The molecule has 0 aromatic heterocycles. The van der Waals surface area contributed by atoms with E-state index >= 15 is 0 Å². The molecule has 76 valence electrons. The first-order valence-corrected chi connectivity index (χ1v) is 5.22. The minimum atomic E-state index is 0.276. The molecule has 1 aromatic rings. The molecule has 3 heteroatoms. The van der Waals surface area contributed by atoms with Crippen molar-refractivity contribution in [1.29, 1.82) is 0 Å². The van der Waals surface area contributed by atoms with Gasteiger partial charge in [0, 0.05) is 15.6 Å². The number of hydrogen-bond donors (Lipinski definition) is 0. The molecule has 2 nitrogen and oxygen atoms in total. The van der Waals surface area contributed by atoms with E-state index < -0.39 is 0 Å². The van der Waals surface area contributed by atoms with Crippen LogP contribution in [0.5, 0.6) is 5.75 Å². The lowest BCUT2D eigenvalue weighted by atomic mass is 9.97. The van der Waals surface area contributed by atoms with Crippen molar-refractivity contribution >= 4 is 22.2 Å². The van der Waals surface area contributed by atoms with Crippen LogP contribution < -0.4 is 4.74 Å². The molecular weight excluding hydrogens is 244 g/mol. The summed E-state index contributed by atoms with van der Waals surface area (Å²) in [6, 6.07) is 3.69. The van der Waals surface area contributed by atoms with E-state index in [1.807, 2.05) is 26.0 Å². The first-order valence-electron chi connectivity index (χ1n) is 4.42. The highest BCUT2D eigenvalue weighted by Crippen LogP contribution is 2.32. The van der Waals surface area contributed by atoms with Crippen LogP contribution in [0.3, 0.4) is 0 Å². The molecule has 0 heterocycles. The van der Waals surface area contributed by atoms with Gasteiger partial charge in [0.2, 0.25) is 0 Å². The lowest BCUT2D eigenvalue weighted by Gasteiger charge is -2.14. The summed E-state index contributed by atoms with van der Waals surface area (Å²) in [7, 11) is 1.61. The summed E-state index contributed by atoms with van der Waals surface area (Å²) in [6.07, 6.45) is 0.864. The zero-order valence-electron chi connectivity index (χ0n) is 8.50. The number of rotatable bonds is 3. The van der Waals surface area contributed by atoms with Gasteiger partial charge in [-0.3, -0.25) is 4.79 Å². The van der Waals surface area contributed by atoms with Gasteiger partial charge in [0.15, 0.2) is 6.29 Å². The van der Waals surface area contributed by atoms with Gasteiger partial charge in [-0.15, -0.1) is 0 Å². The van der Waals surface area contributed by atoms with Gasteiger partial charge >= 0.3 is 0 Å². The second-order valence-corrected chi connectivity index (χ2v) is 4.30. The van der Waals surface area contributed by atoms with Crippen molar-refractivity contribution < 1.29 is 9.53 Å². The molecule has 0 saturated heterocycles.